The summed E-state index contributed by atoms with van der Waals surface area (Å²) in [5.41, 5.74) is -1.99. The van der Waals surface area contributed by atoms with Crippen molar-refractivity contribution in [3.05, 3.63) is 53.5 Å². The minimum absolute atomic E-state index is 0. The third-order valence-corrected chi connectivity index (χ3v) is 4.79. The molecule has 0 radical (unpaired) electrons. The van der Waals surface area contributed by atoms with Gasteiger partial charge in [-0.3, -0.25) is 0 Å². The first-order valence-corrected chi connectivity index (χ1v) is 13.1. The number of aliphatic hydroxyl groups is 2. The lowest BCUT2D eigenvalue weighted by molar-refractivity contribution is -0.884. The van der Waals surface area contributed by atoms with E-state index >= 15 is 0 Å². The fourth-order valence-corrected chi connectivity index (χ4v) is 3.08. The number of aromatic nitrogens is 3. The average molecular weight is 600 g/mol. The molecule has 0 aliphatic carbocycles. The van der Waals surface area contributed by atoms with Crippen LogP contribution < -0.4 is 0 Å². The van der Waals surface area contributed by atoms with Gasteiger partial charge in [0.1, 0.15) is 29.3 Å². The van der Waals surface area contributed by atoms with Crippen molar-refractivity contribution in [3.8, 4) is 0 Å². The number of hydrogen-bond acceptors (Lipinski definition) is 10. The van der Waals surface area contributed by atoms with Gasteiger partial charge in [-0.05, 0) is 55.9 Å². The van der Waals surface area contributed by atoms with Crippen LogP contribution in [0.2, 0.25) is 0 Å². The average Bonchev–Trinajstić information content (AvgIpc) is 3.47. The molecule has 11 heteroatoms. The first-order chi connectivity index (χ1) is 17.7. The van der Waals surface area contributed by atoms with E-state index in [1.165, 1.54) is 0 Å². The van der Waals surface area contributed by atoms with Crippen molar-refractivity contribution in [2.75, 3.05) is 49.3 Å². The van der Waals surface area contributed by atoms with Crippen molar-refractivity contribution in [2.24, 2.45) is 0 Å². The van der Waals surface area contributed by atoms with Gasteiger partial charge in [0.05, 0.1) is 52.8 Å². The van der Waals surface area contributed by atoms with E-state index < -0.39 is 11.2 Å². The zero-order chi connectivity index (χ0) is 30.2. The first-order valence-electron chi connectivity index (χ1n) is 13.1. The highest BCUT2D eigenvalue weighted by Gasteiger charge is 2.24. The normalized spacial score (nSPS) is 11.6. The Bertz CT molecular complexity index is 1100. The number of nitrogens with zero attached hydrogens (tertiary/aromatic N) is 6. The van der Waals surface area contributed by atoms with Crippen LogP contribution >= 0.6 is 0 Å². The summed E-state index contributed by atoms with van der Waals surface area (Å²) in [4.78, 5) is 16.3. The van der Waals surface area contributed by atoms with Crippen molar-refractivity contribution >= 4 is 0 Å². The molecule has 0 saturated carbocycles. The second-order valence-electron chi connectivity index (χ2n) is 12.6. The number of rotatable bonds is 9. The van der Waals surface area contributed by atoms with Gasteiger partial charge in [-0.1, -0.05) is 36.1 Å². The van der Waals surface area contributed by atoms with Gasteiger partial charge in [-0.25, -0.2) is 15.0 Å². The second-order valence-corrected chi connectivity index (χ2v) is 12.6. The predicted molar refractivity (Wildman–Crippen MR) is 171 cm³/mol. The number of hydrogen-bond donors (Lipinski definition) is 2. The van der Waals surface area contributed by atoms with E-state index in [9.17, 15) is 10.2 Å². The quantitative estimate of drug-likeness (QED) is 0.290. The lowest BCUT2D eigenvalue weighted by Crippen LogP contribution is -2.33. The van der Waals surface area contributed by atoms with Crippen LogP contribution in [0.5, 0.6) is 0 Å². The minimum atomic E-state index is -0.997. The Morgan fingerprint density at radius 3 is 1.36 bits per heavy atom. The predicted octanol–water partition coefficient (Wildman–Crippen LogP) is 5.84. The van der Waals surface area contributed by atoms with Crippen molar-refractivity contribution in [2.45, 2.75) is 101 Å². The Morgan fingerprint density at radius 1 is 0.690 bits per heavy atom. The molecule has 0 amide bonds. The van der Waals surface area contributed by atoms with Crippen molar-refractivity contribution in [3.63, 3.8) is 0 Å². The van der Waals surface area contributed by atoms with Crippen LogP contribution in [-0.4, -0.2) is 88.8 Å². The number of quaternary nitrogens is 1. The van der Waals surface area contributed by atoms with Gasteiger partial charge in [-0.15, -0.1) is 0 Å². The molecule has 0 bridgehead atoms. The highest BCUT2D eigenvalue weighted by Crippen LogP contribution is 2.21. The van der Waals surface area contributed by atoms with Crippen molar-refractivity contribution in [1.29, 1.82) is 0 Å². The molecule has 246 valence electrons. The molecule has 3 aromatic heterocycles. The van der Waals surface area contributed by atoms with E-state index in [1.807, 2.05) is 33.1 Å². The zero-order valence-electron chi connectivity index (χ0n) is 26.2. The fourth-order valence-electron chi connectivity index (χ4n) is 3.08. The van der Waals surface area contributed by atoms with Crippen LogP contribution in [0, 0.1) is 0 Å². The Hall–Kier alpha value is -2.57. The van der Waals surface area contributed by atoms with E-state index in [0.717, 1.165) is 40.7 Å². The van der Waals surface area contributed by atoms with Gasteiger partial charge in [0.15, 0.2) is 11.7 Å². The van der Waals surface area contributed by atoms with E-state index in [4.69, 9.17) is 13.3 Å². The SMILES string of the molecule is C.C.C.CC(C)(O)c1ncc(C[N+](C)(C)C)o1.CC(C)c1ncc(CN(C)C)o1.CN(C)Cc1cnc(C(C)(C)O)o1. The molecular weight excluding hydrogens is 536 g/mol. The molecule has 0 spiro atoms. The van der Waals surface area contributed by atoms with Gasteiger partial charge in [0.25, 0.3) is 0 Å². The molecule has 0 saturated heterocycles. The maximum atomic E-state index is 9.64. The third-order valence-electron chi connectivity index (χ3n) is 4.79. The van der Waals surface area contributed by atoms with Gasteiger partial charge in [0.2, 0.25) is 11.8 Å². The van der Waals surface area contributed by atoms with E-state index in [2.05, 4.69) is 54.8 Å². The molecule has 0 aliphatic heterocycles. The molecule has 2 N–H and O–H groups in total. The summed E-state index contributed by atoms with van der Waals surface area (Å²) >= 11 is 0. The maximum absolute atomic E-state index is 9.64. The summed E-state index contributed by atoms with van der Waals surface area (Å²) < 4.78 is 17.1. The largest absolute Gasteiger partial charge is 0.444 e. The van der Waals surface area contributed by atoms with Crippen LogP contribution in [0.1, 0.15) is 105 Å². The zero-order valence-corrected chi connectivity index (χ0v) is 26.2. The monoisotopic (exact) mass is 599 g/mol. The molecule has 0 fully saturated rings. The Balaban J connectivity index is -0.000000526. The van der Waals surface area contributed by atoms with Crippen LogP contribution in [0.3, 0.4) is 0 Å². The molecule has 3 heterocycles. The molecule has 11 nitrogen and oxygen atoms in total. The third kappa shape index (κ3) is 17.4. The number of oxazole rings is 3. The summed E-state index contributed by atoms with van der Waals surface area (Å²) in [7, 11) is 14.2. The van der Waals surface area contributed by atoms with Gasteiger partial charge in [0, 0.05) is 5.92 Å². The van der Waals surface area contributed by atoms with Gasteiger partial charge in [-0.2, -0.15) is 0 Å². The van der Waals surface area contributed by atoms with Gasteiger partial charge >= 0.3 is 0 Å². The molecule has 0 aliphatic rings. The Labute approximate surface area is 256 Å². The van der Waals surface area contributed by atoms with Crippen LogP contribution in [0.4, 0.5) is 0 Å². The summed E-state index contributed by atoms with van der Waals surface area (Å²) in [5, 5.41) is 19.2. The first kappa shape index (κ1) is 43.9. The summed E-state index contributed by atoms with van der Waals surface area (Å²) in [6, 6.07) is 0. The van der Waals surface area contributed by atoms with Crippen molar-refractivity contribution in [1.82, 2.24) is 24.8 Å². The molecule has 42 heavy (non-hydrogen) atoms. The second kappa shape index (κ2) is 18.2. The van der Waals surface area contributed by atoms with E-state index in [0.29, 0.717) is 24.2 Å². The van der Waals surface area contributed by atoms with Crippen LogP contribution in [0.15, 0.2) is 31.8 Å². The van der Waals surface area contributed by atoms with Gasteiger partial charge < -0.3 is 37.7 Å². The molecule has 0 aromatic carbocycles. The molecule has 3 rings (SSSR count). The summed E-state index contributed by atoms with van der Waals surface area (Å²) in [5.74, 6) is 4.44. The maximum Gasteiger partial charge on any atom is 0.226 e. The molecular formula is C31H63N6O5+. The highest BCUT2D eigenvalue weighted by atomic mass is 16.4. The fraction of sp³-hybridized carbons (Fsp3) is 0.710. The molecule has 0 atom stereocenters. The Kier molecular flexibility index (Phi) is 19.0. The van der Waals surface area contributed by atoms with Crippen LogP contribution in [-0.2, 0) is 30.8 Å². The lowest BCUT2D eigenvalue weighted by Gasteiger charge is -2.22. The molecule has 3 aromatic rings. The molecule has 0 unspecified atom stereocenters. The minimum Gasteiger partial charge on any atom is -0.444 e. The van der Waals surface area contributed by atoms with Crippen molar-refractivity contribution < 1.29 is 27.9 Å². The van der Waals surface area contributed by atoms with E-state index in [1.54, 1.807) is 46.3 Å². The lowest BCUT2D eigenvalue weighted by atomic mass is 10.1. The van der Waals surface area contributed by atoms with Crippen LogP contribution in [0.25, 0.3) is 0 Å². The standard InChI is InChI=1S/C10H19N2O2.C9H16N2O2.C9H16N2O.3CH4/c1-10(2,13)9-11-6-8(14-9)7-12(3,4)5;1-9(2,12)8-10-5-7(13-8)6-11(3)4;1-7(2)9-10-5-8(12-9)6-11(3)4;;;/h6,13H,7H2,1-5H3;5,12H,6H2,1-4H3;5,7H,6H2,1-4H3;3*1H4/q+1;;;;;. The topological polar surface area (TPSA) is 125 Å². The Morgan fingerprint density at radius 2 is 1.05 bits per heavy atom. The van der Waals surface area contributed by atoms with E-state index in [-0.39, 0.29) is 22.3 Å². The summed E-state index contributed by atoms with van der Waals surface area (Å²) in [6.45, 7) is 13.1. The summed E-state index contributed by atoms with van der Waals surface area (Å²) in [6.07, 6.45) is 5.12. The highest BCUT2D eigenvalue weighted by molar-refractivity contribution is 5.00. The smallest absolute Gasteiger partial charge is 0.226 e.